The first-order valence-corrected chi connectivity index (χ1v) is 14.3. The number of hydrogen-bond acceptors (Lipinski definition) is 3. The van der Waals surface area contributed by atoms with Crippen molar-refractivity contribution in [3.63, 3.8) is 0 Å². The maximum absolute atomic E-state index is 12.1. The van der Waals surface area contributed by atoms with Crippen LogP contribution in [0.2, 0.25) is 0 Å². The Hall–Kier alpha value is -3.70. The van der Waals surface area contributed by atoms with Crippen LogP contribution in [0, 0.1) is 34.6 Å². The van der Waals surface area contributed by atoms with Crippen molar-refractivity contribution < 1.29 is 8.42 Å². The Morgan fingerprint density at radius 3 is 1.84 bits per heavy atom. The van der Waals surface area contributed by atoms with E-state index in [2.05, 4.69) is 71.0 Å². The van der Waals surface area contributed by atoms with Crippen LogP contribution in [0.5, 0.6) is 0 Å². The molecule has 0 aliphatic rings. The van der Waals surface area contributed by atoms with E-state index in [-0.39, 0.29) is 0 Å². The maximum Gasteiger partial charge on any atom is 0.175 e. The Bertz CT molecular complexity index is 1580. The summed E-state index contributed by atoms with van der Waals surface area (Å²) in [5.74, 6) is 0. The van der Waals surface area contributed by atoms with Crippen LogP contribution in [0.15, 0.2) is 90.1 Å². The quantitative estimate of drug-likeness (QED) is 0.256. The van der Waals surface area contributed by atoms with Gasteiger partial charge in [0, 0.05) is 24.2 Å². The number of pyridine rings is 1. The lowest BCUT2D eigenvalue weighted by Gasteiger charge is -2.11. The molecular weight excluding hydrogens is 476 g/mol. The molecule has 0 bridgehead atoms. The lowest BCUT2D eigenvalue weighted by molar-refractivity contribution is 0.602. The van der Waals surface area contributed by atoms with Gasteiger partial charge in [-0.15, -0.1) is 0 Å². The highest BCUT2D eigenvalue weighted by atomic mass is 32.2. The van der Waals surface area contributed by atoms with Crippen molar-refractivity contribution in [2.24, 2.45) is 0 Å². The Labute approximate surface area is 220 Å². The van der Waals surface area contributed by atoms with Crippen molar-refractivity contribution in [3.8, 4) is 11.3 Å². The first-order chi connectivity index (χ1) is 17.5. The fourth-order valence-electron chi connectivity index (χ4n) is 4.85. The van der Waals surface area contributed by atoms with Crippen LogP contribution >= 0.6 is 0 Å². The third-order valence-electron chi connectivity index (χ3n) is 6.19. The summed E-state index contributed by atoms with van der Waals surface area (Å²) in [6.07, 6.45) is 5.83. The van der Waals surface area contributed by atoms with Gasteiger partial charge in [0.25, 0.3) is 0 Å². The normalized spacial score (nSPS) is 11.3. The van der Waals surface area contributed by atoms with Crippen LogP contribution in [0.4, 0.5) is 0 Å². The molecule has 0 aliphatic heterocycles. The van der Waals surface area contributed by atoms with Gasteiger partial charge in [0.1, 0.15) is 5.65 Å². The summed E-state index contributed by atoms with van der Waals surface area (Å²) in [6, 6.07) is 24.2. The Morgan fingerprint density at radius 1 is 0.730 bits per heavy atom. The Morgan fingerprint density at radius 2 is 1.30 bits per heavy atom. The molecule has 0 atom stereocenters. The lowest BCUT2D eigenvalue weighted by Crippen LogP contribution is -2.01. The van der Waals surface area contributed by atoms with Crippen LogP contribution in [0.25, 0.3) is 16.9 Å². The second-order valence-electron chi connectivity index (χ2n) is 10.0. The lowest BCUT2D eigenvalue weighted by atomic mass is 9.96. The summed E-state index contributed by atoms with van der Waals surface area (Å²) in [7, 11) is -3.28. The highest BCUT2D eigenvalue weighted by molar-refractivity contribution is 7.90. The van der Waals surface area contributed by atoms with Gasteiger partial charge in [0.05, 0.1) is 10.6 Å². The van der Waals surface area contributed by atoms with E-state index >= 15 is 0 Å². The molecule has 2 aromatic heterocycles. The van der Waals surface area contributed by atoms with Crippen molar-refractivity contribution >= 4 is 15.5 Å². The van der Waals surface area contributed by atoms with Gasteiger partial charge in [0.15, 0.2) is 9.84 Å². The predicted molar refractivity (Wildman–Crippen MR) is 153 cm³/mol. The molecule has 0 radical (unpaired) electrons. The van der Waals surface area contributed by atoms with Gasteiger partial charge in [0.2, 0.25) is 0 Å². The number of nitrogens with zero attached hydrogens (tertiary/aromatic N) is 2. The predicted octanol–water partition coefficient (Wildman–Crippen LogP) is 7.22. The van der Waals surface area contributed by atoms with E-state index in [4.69, 9.17) is 4.98 Å². The standard InChI is InChI=1S/C23H22N2O2S.C9H12/c1-16-10-17(2)12-18(11-16)13-19-14-20(28(3,26)27)7-8-21(19)22-15-25-9-5-4-6-23(25)24-22;1-7-4-8(2)6-9(3)5-7/h4-12,14-15H,13H2,1-3H3;4-6H,1-3H3. The van der Waals surface area contributed by atoms with Gasteiger partial charge in [-0.1, -0.05) is 76.3 Å². The molecule has 0 saturated heterocycles. The van der Waals surface area contributed by atoms with E-state index in [1.54, 1.807) is 12.1 Å². The summed E-state index contributed by atoms with van der Waals surface area (Å²) >= 11 is 0. The number of aromatic nitrogens is 2. The van der Waals surface area contributed by atoms with Gasteiger partial charge in [-0.3, -0.25) is 0 Å². The van der Waals surface area contributed by atoms with E-state index in [0.717, 1.165) is 28.0 Å². The Balaban J connectivity index is 0.000000301. The molecule has 0 aliphatic carbocycles. The molecule has 0 unspecified atom stereocenters. The van der Waals surface area contributed by atoms with Crippen molar-refractivity contribution in [3.05, 3.63) is 124 Å². The van der Waals surface area contributed by atoms with Gasteiger partial charge in [-0.05, 0) is 76.4 Å². The molecule has 5 heteroatoms. The number of rotatable bonds is 4. The van der Waals surface area contributed by atoms with E-state index in [9.17, 15) is 8.42 Å². The minimum absolute atomic E-state index is 0.333. The molecule has 0 spiro atoms. The number of benzene rings is 3. The highest BCUT2D eigenvalue weighted by Crippen LogP contribution is 2.28. The summed E-state index contributed by atoms with van der Waals surface area (Å²) in [5, 5.41) is 0. The second-order valence-corrected chi connectivity index (χ2v) is 12.0. The van der Waals surface area contributed by atoms with E-state index in [1.807, 2.05) is 41.1 Å². The zero-order chi connectivity index (χ0) is 26.7. The third kappa shape index (κ3) is 6.75. The molecule has 5 aromatic rings. The zero-order valence-electron chi connectivity index (χ0n) is 22.4. The number of hydrogen-bond donors (Lipinski definition) is 0. The molecule has 4 nitrogen and oxygen atoms in total. The van der Waals surface area contributed by atoms with Crippen LogP contribution in [0.3, 0.4) is 0 Å². The first-order valence-electron chi connectivity index (χ1n) is 12.4. The van der Waals surface area contributed by atoms with Crippen LogP contribution < -0.4 is 0 Å². The van der Waals surface area contributed by atoms with E-state index in [0.29, 0.717) is 11.3 Å². The second kappa shape index (κ2) is 10.7. The van der Waals surface area contributed by atoms with Crippen molar-refractivity contribution in [2.75, 3.05) is 6.26 Å². The Kier molecular flexibility index (Phi) is 7.65. The number of imidazole rings is 1. The monoisotopic (exact) mass is 510 g/mol. The highest BCUT2D eigenvalue weighted by Gasteiger charge is 2.15. The summed E-state index contributed by atoms with van der Waals surface area (Å²) in [5.41, 5.74) is 11.2. The molecule has 0 saturated carbocycles. The van der Waals surface area contributed by atoms with E-state index < -0.39 is 9.84 Å². The molecule has 0 amide bonds. The molecule has 37 heavy (non-hydrogen) atoms. The van der Waals surface area contributed by atoms with Gasteiger partial charge >= 0.3 is 0 Å². The smallest absolute Gasteiger partial charge is 0.175 e. The summed E-state index contributed by atoms with van der Waals surface area (Å²) < 4.78 is 26.2. The van der Waals surface area contributed by atoms with Crippen molar-refractivity contribution in [2.45, 2.75) is 45.9 Å². The number of sulfone groups is 1. The zero-order valence-corrected chi connectivity index (χ0v) is 23.2. The van der Waals surface area contributed by atoms with Gasteiger partial charge < -0.3 is 4.40 Å². The van der Waals surface area contributed by atoms with Gasteiger partial charge in [-0.2, -0.15) is 0 Å². The molecule has 2 heterocycles. The number of fused-ring (bicyclic) bond motifs is 1. The first kappa shape index (κ1) is 26.4. The minimum Gasteiger partial charge on any atom is -0.306 e. The largest absolute Gasteiger partial charge is 0.306 e. The third-order valence-corrected chi connectivity index (χ3v) is 7.30. The molecule has 3 aromatic carbocycles. The van der Waals surface area contributed by atoms with Gasteiger partial charge in [-0.25, -0.2) is 13.4 Å². The molecule has 0 N–H and O–H groups in total. The molecule has 5 rings (SSSR count). The summed E-state index contributed by atoms with van der Waals surface area (Å²) in [6.45, 7) is 10.5. The average Bonchev–Trinajstić information content (AvgIpc) is 3.21. The topological polar surface area (TPSA) is 51.4 Å². The summed E-state index contributed by atoms with van der Waals surface area (Å²) in [4.78, 5) is 5.06. The molecule has 190 valence electrons. The molecule has 0 fully saturated rings. The van der Waals surface area contributed by atoms with E-state index in [1.165, 1.54) is 34.1 Å². The number of aryl methyl sites for hydroxylation is 5. The van der Waals surface area contributed by atoms with Crippen molar-refractivity contribution in [1.29, 1.82) is 0 Å². The average molecular weight is 511 g/mol. The van der Waals surface area contributed by atoms with Crippen molar-refractivity contribution in [1.82, 2.24) is 9.38 Å². The minimum atomic E-state index is -3.28. The van der Waals surface area contributed by atoms with Crippen LogP contribution in [-0.4, -0.2) is 24.1 Å². The fourth-order valence-corrected chi connectivity index (χ4v) is 5.53. The fraction of sp³-hybridized carbons (Fsp3) is 0.219. The van der Waals surface area contributed by atoms with Crippen LogP contribution in [0.1, 0.15) is 38.9 Å². The maximum atomic E-state index is 12.1. The van der Waals surface area contributed by atoms with Crippen LogP contribution in [-0.2, 0) is 16.3 Å². The SMILES string of the molecule is Cc1cc(C)cc(C)c1.Cc1cc(C)cc(Cc2cc(S(C)(=O)=O)ccc2-c2cn3ccccc3n2)c1. The molecular formula is C32H34N2O2S.